The van der Waals surface area contributed by atoms with Crippen LogP contribution in [0.25, 0.3) is 22.2 Å². The van der Waals surface area contributed by atoms with E-state index >= 15 is 0 Å². The highest BCUT2D eigenvalue weighted by Crippen LogP contribution is 2.32. The van der Waals surface area contributed by atoms with Gasteiger partial charge in [0.15, 0.2) is 6.61 Å². The number of nitrogens with zero attached hydrogens (tertiary/aromatic N) is 3. The van der Waals surface area contributed by atoms with Gasteiger partial charge in [-0.2, -0.15) is 5.10 Å². The highest BCUT2D eigenvalue weighted by Gasteiger charge is 2.16. The summed E-state index contributed by atoms with van der Waals surface area (Å²) >= 11 is 0. The van der Waals surface area contributed by atoms with Gasteiger partial charge in [-0.3, -0.25) is 0 Å². The summed E-state index contributed by atoms with van der Waals surface area (Å²) < 4.78 is 18.4. The van der Waals surface area contributed by atoms with Crippen LogP contribution in [-0.4, -0.2) is 66.9 Å². The van der Waals surface area contributed by atoms with Crippen LogP contribution in [0, 0.1) is 0 Å². The number of pyridine rings is 1. The molecule has 0 bridgehead atoms. The molecule has 0 radical (unpaired) electrons. The Bertz CT molecular complexity index is 1100. The van der Waals surface area contributed by atoms with Gasteiger partial charge in [0.2, 0.25) is 0 Å². The number of anilines is 1. The van der Waals surface area contributed by atoms with Crippen LogP contribution in [0.4, 0.5) is 5.82 Å². The second-order valence-corrected chi connectivity index (χ2v) is 14.7. The largest absolute Gasteiger partial charge is 0.482 e. The van der Waals surface area contributed by atoms with Gasteiger partial charge in [0.25, 0.3) is 0 Å². The maximum absolute atomic E-state index is 11.7. The molecule has 9 nitrogen and oxygen atoms in total. The molecule has 0 aliphatic heterocycles. The lowest BCUT2D eigenvalue weighted by Crippen LogP contribution is -2.22. The fraction of sp³-hybridized carbons (Fsp3) is 0.458. The topological polar surface area (TPSA) is 108 Å². The van der Waals surface area contributed by atoms with E-state index in [1.54, 1.807) is 13.1 Å². The molecule has 0 fully saturated rings. The van der Waals surface area contributed by atoms with Crippen LogP contribution in [0.5, 0.6) is 5.75 Å². The van der Waals surface area contributed by atoms with Crippen LogP contribution in [0.1, 0.15) is 6.92 Å². The van der Waals surface area contributed by atoms with Crippen LogP contribution in [0.3, 0.4) is 0 Å². The average Bonchev–Trinajstić information content (AvgIpc) is 3.17. The third kappa shape index (κ3) is 7.27. The van der Waals surface area contributed by atoms with Crippen molar-refractivity contribution in [1.29, 1.82) is 0 Å². The molecule has 3 rings (SSSR count). The Morgan fingerprint density at radius 1 is 1.21 bits per heavy atom. The van der Waals surface area contributed by atoms with E-state index in [0.717, 1.165) is 28.2 Å². The molecule has 184 valence electrons. The predicted octanol–water partition coefficient (Wildman–Crippen LogP) is 3.76. The Kier molecular flexibility index (Phi) is 9.03. The molecule has 0 unspecified atom stereocenters. The molecule has 0 saturated carbocycles. The van der Waals surface area contributed by atoms with Gasteiger partial charge in [0.05, 0.1) is 18.7 Å². The van der Waals surface area contributed by atoms with Gasteiger partial charge in [0.1, 0.15) is 24.0 Å². The van der Waals surface area contributed by atoms with Crippen molar-refractivity contribution >= 4 is 30.8 Å². The molecule has 10 heteroatoms. The smallest absolute Gasteiger partial charge is 0.344 e. The van der Waals surface area contributed by atoms with Crippen molar-refractivity contribution in [3.63, 3.8) is 0 Å². The van der Waals surface area contributed by atoms with Crippen molar-refractivity contribution in [2.45, 2.75) is 39.3 Å². The number of fused-ring (bicyclic) bond motifs is 1. The third-order valence-corrected chi connectivity index (χ3v) is 6.75. The highest BCUT2D eigenvalue weighted by molar-refractivity contribution is 6.76. The third-order valence-electron chi connectivity index (χ3n) is 5.05. The molecule has 0 aliphatic carbocycles. The van der Waals surface area contributed by atoms with Crippen LogP contribution in [0.2, 0.25) is 25.7 Å². The normalized spacial score (nSPS) is 11.6. The number of nitrogens with one attached hydrogen (secondary N) is 1. The zero-order valence-electron chi connectivity index (χ0n) is 20.3. The number of esters is 1. The van der Waals surface area contributed by atoms with Crippen molar-refractivity contribution in [3.05, 3.63) is 36.5 Å². The maximum Gasteiger partial charge on any atom is 0.344 e. The van der Waals surface area contributed by atoms with Gasteiger partial charge in [-0.1, -0.05) is 19.6 Å². The molecule has 3 aromatic rings. The van der Waals surface area contributed by atoms with E-state index < -0.39 is 14.0 Å². The molecule has 1 aromatic carbocycles. The zero-order chi connectivity index (χ0) is 24.6. The lowest BCUT2D eigenvalue weighted by Gasteiger charge is -2.15. The first-order chi connectivity index (χ1) is 16.3. The Morgan fingerprint density at radius 3 is 2.76 bits per heavy atom. The monoisotopic (exact) mass is 486 g/mol. The van der Waals surface area contributed by atoms with Crippen LogP contribution >= 0.6 is 0 Å². The van der Waals surface area contributed by atoms with Gasteiger partial charge < -0.3 is 24.6 Å². The number of benzene rings is 1. The van der Waals surface area contributed by atoms with Gasteiger partial charge >= 0.3 is 5.97 Å². The molecular formula is C24H34N4O5Si. The molecule has 34 heavy (non-hydrogen) atoms. The van der Waals surface area contributed by atoms with Crippen molar-refractivity contribution in [3.8, 4) is 17.0 Å². The fourth-order valence-electron chi connectivity index (χ4n) is 3.29. The molecule has 0 amide bonds. The minimum Gasteiger partial charge on any atom is -0.482 e. The van der Waals surface area contributed by atoms with E-state index in [1.807, 2.05) is 35.0 Å². The Labute approximate surface area is 201 Å². The summed E-state index contributed by atoms with van der Waals surface area (Å²) in [7, 11) is -1.19. The second kappa shape index (κ2) is 12.0. The van der Waals surface area contributed by atoms with Crippen molar-refractivity contribution in [2.75, 3.05) is 38.3 Å². The van der Waals surface area contributed by atoms with Gasteiger partial charge in [-0.05, 0) is 43.3 Å². The number of hydrogen-bond acceptors (Lipinski definition) is 8. The van der Waals surface area contributed by atoms with Crippen molar-refractivity contribution in [2.24, 2.45) is 0 Å². The van der Waals surface area contributed by atoms with Gasteiger partial charge in [-0.25, -0.2) is 14.5 Å². The summed E-state index contributed by atoms with van der Waals surface area (Å²) in [5, 5.41) is 17.9. The first-order valence-corrected chi connectivity index (χ1v) is 15.2. The molecule has 2 aromatic heterocycles. The van der Waals surface area contributed by atoms with Gasteiger partial charge in [-0.15, -0.1) is 0 Å². The van der Waals surface area contributed by atoms with Crippen LogP contribution in [-0.2, 0) is 21.0 Å². The predicted molar refractivity (Wildman–Crippen MR) is 135 cm³/mol. The fourth-order valence-corrected chi connectivity index (χ4v) is 4.05. The van der Waals surface area contributed by atoms with E-state index in [1.165, 1.54) is 0 Å². The molecule has 2 N–H and O–H groups in total. The number of hydrogen-bond donors (Lipinski definition) is 2. The molecule has 0 atom stereocenters. The van der Waals surface area contributed by atoms with Crippen LogP contribution < -0.4 is 10.1 Å². The minimum atomic E-state index is -1.19. The number of rotatable bonds is 13. The number of carbonyl (C=O) groups excluding carboxylic acids is 1. The van der Waals surface area contributed by atoms with Crippen molar-refractivity contribution in [1.82, 2.24) is 14.8 Å². The Hall–Kier alpha value is -2.95. The molecule has 0 aliphatic rings. The second-order valence-electron chi connectivity index (χ2n) is 9.05. The quantitative estimate of drug-likeness (QED) is 0.214. The maximum atomic E-state index is 11.7. The standard InChI is InChI=1S/C24H34N4O5Si/c1-5-32-23(30)16-33-19-6-7-21-20(15-19)24(18-8-9-25-22(14-18)26-10-11-29)27-28(21)17-31-12-13-34(2,3)4/h6-9,14-15,29H,5,10-13,16-17H2,1-4H3,(H,25,26). The highest BCUT2D eigenvalue weighted by atomic mass is 28.3. The summed E-state index contributed by atoms with van der Waals surface area (Å²) in [4.78, 5) is 16.0. The summed E-state index contributed by atoms with van der Waals surface area (Å²) in [6.07, 6.45) is 1.70. The van der Waals surface area contributed by atoms with Crippen LogP contribution in [0.15, 0.2) is 36.5 Å². The lowest BCUT2D eigenvalue weighted by atomic mass is 10.1. The Balaban J connectivity index is 1.90. The number of aliphatic hydroxyl groups excluding tert-OH is 1. The Morgan fingerprint density at radius 2 is 2.03 bits per heavy atom. The van der Waals surface area contributed by atoms with E-state index in [2.05, 4.69) is 29.9 Å². The van der Waals surface area contributed by atoms with E-state index in [4.69, 9.17) is 24.4 Å². The SMILES string of the molecule is CCOC(=O)COc1ccc2c(c1)c(-c1ccnc(NCCO)c1)nn2COCC[Si](C)(C)C. The number of carbonyl (C=O) groups is 1. The molecular weight excluding hydrogens is 452 g/mol. The first kappa shape index (κ1) is 25.7. The minimum absolute atomic E-state index is 0.0133. The number of ether oxygens (including phenoxy) is 3. The summed E-state index contributed by atoms with van der Waals surface area (Å²) in [5.74, 6) is 0.784. The molecule has 2 heterocycles. The summed E-state index contributed by atoms with van der Waals surface area (Å²) in [5.41, 5.74) is 2.51. The van der Waals surface area contributed by atoms with E-state index in [0.29, 0.717) is 38.1 Å². The summed E-state index contributed by atoms with van der Waals surface area (Å²) in [6, 6.07) is 10.5. The lowest BCUT2D eigenvalue weighted by molar-refractivity contribution is -0.145. The molecule has 0 saturated heterocycles. The first-order valence-electron chi connectivity index (χ1n) is 11.5. The summed E-state index contributed by atoms with van der Waals surface area (Å²) in [6.45, 7) is 10.3. The van der Waals surface area contributed by atoms with Gasteiger partial charge in [0, 0.05) is 38.4 Å². The molecule has 0 spiro atoms. The zero-order valence-corrected chi connectivity index (χ0v) is 21.3. The van der Waals surface area contributed by atoms with Crippen molar-refractivity contribution < 1.29 is 24.1 Å². The number of aliphatic hydroxyl groups is 1. The van der Waals surface area contributed by atoms with E-state index in [-0.39, 0.29) is 13.2 Å². The van der Waals surface area contributed by atoms with E-state index in [9.17, 15) is 4.79 Å². The number of aromatic nitrogens is 3. The average molecular weight is 487 g/mol.